The maximum atomic E-state index is 12.6. The van der Waals surface area contributed by atoms with Gasteiger partial charge in [-0.3, -0.25) is 4.79 Å². The van der Waals surface area contributed by atoms with Crippen molar-refractivity contribution in [2.45, 2.75) is 12.6 Å². The van der Waals surface area contributed by atoms with Crippen molar-refractivity contribution in [2.75, 3.05) is 11.9 Å². The van der Waals surface area contributed by atoms with Gasteiger partial charge < -0.3 is 15.2 Å². The average molecular weight is 389 g/mol. The summed E-state index contributed by atoms with van der Waals surface area (Å²) in [6.07, 6.45) is -0.783. The number of nitrogens with one attached hydrogen (secondary N) is 2. The number of fused-ring (bicyclic) bond motifs is 1. The molecule has 0 bridgehead atoms. The van der Waals surface area contributed by atoms with Crippen molar-refractivity contribution in [3.63, 3.8) is 0 Å². The third-order valence-corrected chi connectivity index (χ3v) is 4.45. The minimum Gasteiger partial charge on any atom is -0.490 e. The molecule has 7 heteroatoms. The topological polar surface area (TPSA) is 91.1 Å². The average Bonchev–Trinajstić information content (AvgIpc) is 3.16. The van der Waals surface area contributed by atoms with Crippen LogP contribution in [0.15, 0.2) is 78.9 Å². The Kier molecular flexibility index (Phi) is 5.49. The molecule has 0 aliphatic heterocycles. The second kappa shape index (κ2) is 8.53. The third-order valence-electron chi connectivity index (χ3n) is 4.45. The lowest BCUT2D eigenvalue weighted by Gasteiger charge is -2.14. The van der Waals surface area contributed by atoms with Crippen LogP contribution in [0.1, 0.15) is 10.4 Å². The number of H-pyrrole nitrogens is 1. The number of rotatable bonds is 7. The quantitative estimate of drug-likeness (QED) is 0.424. The number of carbonyl (C=O) groups excluding carboxylic acids is 1. The smallest absolute Gasteiger partial charge is 0.259 e. The van der Waals surface area contributed by atoms with Gasteiger partial charge in [-0.05, 0) is 36.4 Å². The molecule has 1 atom stereocenters. The molecule has 0 fully saturated rings. The van der Waals surface area contributed by atoms with E-state index in [1.54, 1.807) is 28.9 Å². The molecule has 0 saturated heterocycles. The summed E-state index contributed by atoms with van der Waals surface area (Å²) in [5.74, 6) is 0.148. The number of carbonyl (C=O) groups is 1. The number of amides is 1. The van der Waals surface area contributed by atoms with E-state index >= 15 is 0 Å². The Balaban J connectivity index is 1.41. The first-order valence-electron chi connectivity index (χ1n) is 9.30. The van der Waals surface area contributed by atoms with Crippen molar-refractivity contribution >= 4 is 22.6 Å². The normalized spacial score (nSPS) is 11.9. The van der Waals surface area contributed by atoms with Crippen molar-refractivity contribution < 1.29 is 19.3 Å². The predicted octanol–water partition coefficient (Wildman–Crippen LogP) is 2.54. The second-order valence-corrected chi connectivity index (χ2v) is 6.59. The lowest BCUT2D eigenvalue weighted by molar-refractivity contribution is -0.736. The Morgan fingerprint density at radius 1 is 1.03 bits per heavy atom. The summed E-state index contributed by atoms with van der Waals surface area (Å²) in [5, 5.41) is 20.3. The molecule has 0 aliphatic carbocycles. The van der Waals surface area contributed by atoms with E-state index < -0.39 is 6.10 Å². The number of aromatic nitrogens is 3. The third kappa shape index (κ3) is 4.41. The highest BCUT2D eigenvalue weighted by Gasteiger charge is 2.18. The van der Waals surface area contributed by atoms with Crippen LogP contribution in [0.25, 0.3) is 11.0 Å². The van der Waals surface area contributed by atoms with Crippen LogP contribution in [-0.2, 0) is 6.54 Å². The van der Waals surface area contributed by atoms with Crippen LogP contribution < -0.4 is 14.7 Å². The van der Waals surface area contributed by atoms with Crippen LogP contribution in [0, 0.1) is 0 Å². The largest absolute Gasteiger partial charge is 0.490 e. The highest BCUT2D eigenvalue weighted by Crippen LogP contribution is 2.20. The van der Waals surface area contributed by atoms with Gasteiger partial charge in [-0.2, -0.15) is 4.68 Å². The highest BCUT2D eigenvalue weighted by atomic mass is 16.5. The van der Waals surface area contributed by atoms with E-state index in [0.29, 0.717) is 23.5 Å². The maximum Gasteiger partial charge on any atom is 0.259 e. The SMILES string of the molecule is O=C(Nc1ccccc1)c1ccccc1OCC(O)C[n+]1[nH]nc2ccccc21. The van der Waals surface area contributed by atoms with Crippen LogP contribution in [0.3, 0.4) is 0 Å². The summed E-state index contributed by atoms with van der Waals surface area (Å²) < 4.78 is 7.52. The van der Waals surface area contributed by atoms with Crippen LogP contribution in [0.4, 0.5) is 5.69 Å². The standard InChI is InChI=1S/C22H20N4O3/c27-17(14-26-20-12-6-5-11-19(20)24-25-26)15-29-21-13-7-4-10-18(21)22(28)23-16-8-2-1-3-9-16/h1-13,17,27H,14-15H2,(H,23,28)/p+1. The number of aliphatic hydroxyl groups is 1. The van der Waals surface area contributed by atoms with Gasteiger partial charge in [-0.1, -0.05) is 47.7 Å². The zero-order valence-electron chi connectivity index (χ0n) is 15.7. The molecule has 3 aromatic carbocycles. The molecule has 4 aromatic rings. The molecular formula is C22H21N4O3+. The zero-order chi connectivity index (χ0) is 20.1. The fourth-order valence-corrected chi connectivity index (χ4v) is 3.04. The molecule has 146 valence electrons. The van der Waals surface area contributed by atoms with Crippen molar-refractivity contribution in [2.24, 2.45) is 0 Å². The molecule has 0 aliphatic rings. The van der Waals surface area contributed by atoms with Gasteiger partial charge in [0.1, 0.15) is 25.0 Å². The molecule has 1 aromatic heterocycles. The summed E-state index contributed by atoms with van der Waals surface area (Å²) >= 11 is 0. The van der Waals surface area contributed by atoms with Gasteiger partial charge in [0, 0.05) is 10.8 Å². The number of ether oxygens (including phenoxy) is 1. The lowest BCUT2D eigenvalue weighted by Crippen LogP contribution is -2.44. The number of benzene rings is 3. The van der Waals surface area contributed by atoms with Crippen LogP contribution in [-0.4, -0.2) is 34.0 Å². The van der Waals surface area contributed by atoms with Gasteiger partial charge in [0.25, 0.3) is 5.91 Å². The number of aliphatic hydroxyl groups excluding tert-OH is 1. The summed E-state index contributed by atoms with van der Waals surface area (Å²) in [6.45, 7) is 0.328. The van der Waals surface area contributed by atoms with Gasteiger partial charge >= 0.3 is 0 Å². The fraction of sp³-hybridized carbons (Fsp3) is 0.136. The second-order valence-electron chi connectivity index (χ2n) is 6.59. The number of hydrogen-bond donors (Lipinski definition) is 3. The summed E-state index contributed by atoms with van der Waals surface area (Å²) in [4.78, 5) is 12.6. The molecule has 29 heavy (non-hydrogen) atoms. The van der Waals surface area contributed by atoms with Crippen molar-refractivity contribution in [3.05, 3.63) is 84.4 Å². The van der Waals surface area contributed by atoms with Gasteiger partial charge in [-0.15, -0.1) is 0 Å². The van der Waals surface area contributed by atoms with E-state index in [0.717, 1.165) is 11.0 Å². The van der Waals surface area contributed by atoms with E-state index in [9.17, 15) is 9.90 Å². The Labute approximate surface area is 167 Å². The maximum absolute atomic E-state index is 12.6. The lowest BCUT2D eigenvalue weighted by atomic mass is 10.2. The van der Waals surface area contributed by atoms with Crippen molar-refractivity contribution in [3.8, 4) is 5.75 Å². The molecule has 1 unspecified atom stereocenters. The van der Waals surface area contributed by atoms with Gasteiger partial charge in [-0.25, -0.2) is 0 Å². The molecule has 1 heterocycles. The Bertz CT molecular complexity index is 1110. The summed E-state index contributed by atoms with van der Waals surface area (Å²) in [5.41, 5.74) is 2.83. The van der Waals surface area contributed by atoms with E-state index in [2.05, 4.69) is 15.6 Å². The van der Waals surface area contributed by atoms with Gasteiger partial charge in [0.2, 0.25) is 11.0 Å². The minimum atomic E-state index is -0.783. The molecule has 3 N–H and O–H groups in total. The molecule has 1 amide bonds. The molecule has 0 saturated carbocycles. The number of aromatic amines is 1. The Hall–Kier alpha value is -3.71. The molecule has 4 rings (SSSR count). The number of anilines is 1. The fourth-order valence-electron chi connectivity index (χ4n) is 3.04. The van der Waals surface area contributed by atoms with Crippen molar-refractivity contribution in [1.29, 1.82) is 0 Å². The summed E-state index contributed by atoms with van der Waals surface area (Å²) in [7, 11) is 0. The number of para-hydroxylation sites is 4. The molecular weight excluding hydrogens is 368 g/mol. The molecule has 7 nitrogen and oxygen atoms in total. The Morgan fingerprint density at radius 3 is 2.62 bits per heavy atom. The molecule has 0 radical (unpaired) electrons. The van der Waals surface area contributed by atoms with Gasteiger partial charge in [0.15, 0.2) is 0 Å². The van der Waals surface area contributed by atoms with Crippen LogP contribution in [0.2, 0.25) is 0 Å². The first-order chi connectivity index (χ1) is 14.2. The first kappa shape index (κ1) is 18.6. The zero-order valence-corrected chi connectivity index (χ0v) is 15.7. The van der Waals surface area contributed by atoms with Crippen LogP contribution >= 0.6 is 0 Å². The summed E-state index contributed by atoms with van der Waals surface area (Å²) in [6, 6.07) is 23.8. The van der Waals surface area contributed by atoms with E-state index in [4.69, 9.17) is 4.74 Å². The van der Waals surface area contributed by atoms with E-state index in [-0.39, 0.29) is 12.5 Å². The number of hydrogen-bond acceptors (Lipinski definition) is 4. The van der Waals surface area contributed by atoms with E-state index in [1.807, 2.05) is 54.6 Å². The predicted molar refractivity (Wildman–Crippen MR) is 109 cm³/mol. The van der Waals surface area contributed by atoms with Gasteiger partial charge in [0.05, 0.1) is 5.56 Å². The Morgan fingerprint density at radius 2 is 1.76 bits per heavy atom. The first-order valence-corrected chi connectivity index (χ1v) is 9.30. The highest BCUT2D eigenvalue weighted by molar-refractivity contribution is 6.06. The monoisotopic (exact) mass is 389 g/mol. The van der Waals surface area contributed by atoms with Crippen molar-refractivity contribution in [1.82, 2.24) is 10.3 Å². The van der Waals surface area contributed by atoms with E-state index in [1.165, 1.54) is 0 Å². The van der Waals surface area contributed by atoms with Crippen LogP contribution in [0.5, 0.6) is 5.75 Å². The minimum absolute atomic E-state index is 0.0377. The number of nitrogens with zero attached hydrogens (tertiary/aromatic N) is 2. The molecule has 0 spiro atoms.